The summed E-state index contributed by atoms with van der Waals surface area (Å²) >= 11 is 6.28. The molecule has 0 aliphatic heterocycles. The van der Waals surface area contributed by atoms with Crippen LogP contribution in [0.1, 0.15) is 23.6 Å². The number of anilines is 1. The van der Waals surface area contributed by atoms with Crippen LogP contribution in [0, 0.1) is 11.3 Å². The number of sulfonamides is 1. The van der Waals surface area contributed by atoms with E-state index in [4.69, 9.17) is 11.6 Å². The molecule has 0 aliphatic carbocycles. The van der Waals surface area contributed by atoms with Gasteiger partial charge in [0.2, 0.25) is 15.9 Å². The van der Waals surface area contributed by atoms with E-state index in [0.717, 1.165) is 0 Å². The molecule has 0 aliphatic rings. The quantitative estimate of drug-likeness (QED) is 0.567. The molecule has 1 N–H and O–H groups in total. The highest BCUT2D eigenvalue weighted by Gasteiger charge is 2.26. The molecule has 0 unspecified atom stereocenters. The summed E-state index contributed by atoms with van der Waals surface area (Å²) < 4.78 is 28.3. The van der Waals surface area contributed by atoms with Gasteiger partial charge in [0.15, 0.2) is 0 Å². The van der Waals surface area contributed by atoms with E-state index in [9.17, 15) is 18.5 Å². The largest absolute Gasteiger partial charge is 0.326 e. The fraction of sp³-hybridized carbons (Fsp3) is 0.130. The molecule has 0 aromatic heterocycles. The third-order valence-electron chi connectivity index (χ3n) is 4.60. The summed E-state index contributed by atoms with van der Waals surface area (Å²) in [5.41, 5.74) is 2.15. The van der Waals surface area contributed by atoms with Crippen LogP contribution in [-0.2, 0) is 27.9 Å². The van der Waals surface area contributed by atoms with E-state index in [1.54, 1.807) is 48.5 Å². The van der Waals surface area contributed by atoms with E-state index in [1.165, 1.54) is 35.5 Å². The van der Waals surface area contributed by atoms with Crippen molar-refractivity contribution in [3.63, 3.8) is 0 Å². The Labute approximate surface area is 186 Å². The van der Waals surface area contributed by atoms with Crippen LogP contribution in [0.3, 0.4) is 0 Å². The Morgan fingerprint density at radius 2 is 1.55 bits per heavy atom. The molecule has 158 valence electrons. The number of hydrogen-bond donors (Lipinski definition) is 1. The number of nitrogens with zero attached hydrogens (tertiary/aromatic N) is 2. The van der Waals surface area contributed by atoms with Gasteiger partial charge in [-0.3, -0.25) is 4.79 Å². The van der Waals surface area contributed by atoms with Gasteiger partial charge < -0.3 is 5.32 Å². The van der Waals surface area contributed by atoms with Gasteiger partial charge in [-0.2, -0.15) is 9.57 Å². The average Bonchev–Trinajstić information content (AvgIpc) is 2.75. The van der Waals surface area contributed by atoms with Crippen molar-refractivity contribution in [1.82, 2.24) is 4.31 Å². The lowest BCUT2D eigenvalue weighted by atomic mass is 10.1. The van der Waals surface area contributed by atoms with Crippen LogP contribution in [0.15, 0.2) is 77.7 Å². The minimum atomic E-state index is -3.93. The van der Waals surface area contributed by atoms with Crippen molar-refractivity contribution in [2.45, 2.75) is 24.9 Å². The fourth-order valence-electron chi connectivity index (χ4n) is 3.06. The maximum Gasteiger partial charge on any atom is 0.243 e. The molecular weight excluding hydrogens is 434 g/mol. The summed E-state index contributed by atoms with van der Waals surface area (Å²) in [6.45, 7) is 1.42. The van der Waals surface area contributed by atoms with Crippen LogP contribution in [0.5, 0.6) is 0 Å². The highest BCUT2D eigenvalue weighted by molar-refractivity contribution is 7.89. The first-order chi connectivity index (χ1) is 14.8. The molecule has 0 saturated heterocycles. The normalized spacial score (nSPS) is 11.2. The minimum absolute atomic E-state index is 0.00470. The molecule has 31 heavy (non-hydrogen) atoms. The van der Waals surface area contributed by atoms with Crippen LogP contribution in [0.25, 0.3) is 0 Å². The molecule has 3 aromatic rings. The van der Waals surface area contributed by atoms with Crippen LogP contribution in [0.4, 0.5) is 5.69 Å². The van der Waals surface area contributed by atoms with Crippen molar-refractivity contribution in [2.75, 3.05) is 5.32 Å². The first kappa shape index (κ1) is 22.5. The number of carbonyl (C=O) groups excluding carboxylic acids is 1. The van der Waals surface area contributed by atoms with Gasteiger partial charge >= 0.3 is 0 Å². The Morgan fingerprint density at radius 1 is 0.968 bits per heavy atom. The molecule has 0 bridgehead atoms. The Morgan fingerprint density at radius 3 is 2.16 bits per heavy atom. The van der Waals surface area contributed by atoms with E-state index in [2.05, 4.69) is 11.4 Å². The zero-order chi connectivity index (χ0) is 22.4. The Bertz CT molecular complexity index is 1240. The molecular formula is C23H20ClN3O3S. The monoisotopic (exact) mass is 453 g/mol. The molecule has 1 amide bonds. The van der Waals surface area contributed by atoms with Crippen molar-refractivity contribution in [3.05, 3.63) is 94.5 Å². The second-order valence-corrected chi connectivity index (χ2v) is 9.18. The highest BCUT2D eigenvalue weighted by atomic mass is 35.5. The van der Waals surface area contributed by atoms with Crippen LogP contribution < -0.4 is 5.32 Å². The molecule has 3 rings (SSSR count). The minimum Gasteiger partial charge on any atom is -0.326 e. The van der Waals surface area contributed by atoms with Gasteiger partial charge in [-0.25, -0.2) is 8.42 Å². The van der Waals surface area contributed by atoms with Gasteiger partial charge in [-0.05, 0) is 47.5 Å². The SMILES string of the molecule is CC(=O)Nc1ccc(S(=O)(=O)N(Cc2ccccc2Cl)Cc2ccccc2C#N)cc1. The van der Waals surface area contributed by atoms with Gasteiger partial charge in [0.1, 0.15) is 0 Å². The summed E-state index contributed by atoms with van der Waals surface area (Å²) in [5.74, 6) is -0.246. The highest BCUT2D eigenvalue weighted by Crippen LogP contribution is 2.26. The number of nitriles is 1. The Hall–Kier alpha value is -3.18. The topological polar surface area (TPSA) is 90.3 Å². The number of benzene rings is 3. The van der Waals surface area contributed by atoms with Crippen LogP contribution in [0.2, 0.25) is 5.02 Å². The van der Waals surface area contributed by atoms with Crippen molar-refractivity contribution in [2.24, 2.45) is 0 Å². The summed E-state index contributed by atoms with van der Waals surface area (Å²) in [6.07, 6.45) is 0. The number of halogens is 1. The Kier molecular flexibility index (Phi) is 7.08. The van der Waals surface area contributed by atoms with Crippen molar-refractivity contribution < 1.29 is 13.2 Å². The molecule has 0 fully saturated rings. The second-order valence-electron chi connectivity index (χ2n) is 6.84. The molecule has 0 atom stereocenters. The van der Waals surface area contributed by atoms with E-state index >= 15 is 0 Å². The predicted molar refractivity (Wildman–Crippen MR) is 120 cm³/mol. The number of nitrogens with one attached hydrogen (secondary N) is 1. The lowest BCUT2D eigenvalue weighted by molar-refractivity contribution is -0.114. The zero-order valence-corrected chi connectivity index (χ0v) is 18.3. The summed E-state index contributed by atoms with van der Waals surface area (Å²) in [7, 11) is -3.93. The molecule has 6 nitrogen and oxygen atoms in total. The lowest BCUT2D eigenvalue weighted by Gasteiger charge is -2.23. The maximum atomic E-state index is 13.5. The van der Waals surface area contributed by atoms with Crippen molar-refractivity contribution in [1.29, 1.82) is 5.26 Å². The van der Waals surface area contributed by atoms with Gasteiger partial charge in [-0.15, -0.1) is 0 Å². The van der Waals surface area contributed by atoms with E-state index < -0.39 is 10.0 Å². The first-order valence-electron chi connectivity index (χ1n) is 9.40. The number of amides is 1. The molecule has 0 heterocycles. The van der Waals surface area contributed by atoms with Gasteiger partial charge in [0.25, 0.3) is 0 Å². The summed E-state index contributed by atoms with van der Waals surface area (Å²) in [5, 5.41) is 12.5. The number of rotatable bonds is 7. The van der Waals surface area contributed by atoms with E-state index in [0.29, 0.717) is 27.4 Å². The van der Waals surface area contributed by atoms with Crippen LogP contribution in [-0.4, -0.2) is 18.6 Å². The van der Waals surface area contributed by atoms with Gasteiger partial charge in [-0.1, -0.05) is 48.0 Å². The van der Waals surface area contributed by atoms with Crippen molar-refractivity contribution >= 4 is 33.2 Å². The predicted octanol–water partition coefficient (Wildman–Crippen LogP) is 4.56. The number of carbonyl (C=O) groups is 1. The second kappa shape index (κ2) is 9.75. The van der Waals surface area contributed by atoms with E-state index in [1.807, 2.05) is 0 Å². The summed E-state index contributed by atoms with van der Waals surface area (Å²) in [6, 6.07) is 22.0. The smallest absolute Gasteiger partial charge is 0.243 e. The molecule has 0 spiro atoms. The maximum absolute atomic E-state index is 13.5. The van der Waals surface area contributed by atoms with Gasteiger partial charge in [0, 0.05) is 30.7 Å². The fourth-order valence-corrected chi connectivity index (χ4v) is 4.65. The van der Waals surface area contributed by atoms with Gasteiger partial charge in [0.05, 0.1) is 16.5 Å². The van der Waals surface area contributed by atoms with E-state index in [-0.39, 0.29) is 23.9 Å². The summed E-state index contributed by atoms with van der Waals surface area (Å²) in [4.78, 5) is 11.3. The number of hydrogen-bond acceptors (Lipinski definition) is 4. The molecule has 8 heteroatoms. The zero-order valence-electron chi connectivity index (χ0n) is 16.7. The molecule has 0 radical (unpaired) electrons. The lowest BCUT2D eigenvalue weighted by Crippen LogP contribution is -2.30. The van der Waals surface area contributed by atoms with Crippen molar-refractivity contribution in [3.8, 4) is 6.07 Å². The standard InChI is InChI=1S/C23H20ClN3O3S/c1-17(28)26-21-10-12-22(13-11-21)31(29,30)27(16-20-8-4-5-9-23(20)24)15-19-7-3-2-6-18(19)14-25/h2-13H,15-16H2,1H3,(H,26,28). The molecule has 3 aromatic carbocycles. The third-order valence-corrected chi connectivity index (χ3v) is 6.78. The van der Waals surface area contributed by atoms with Crippen LogP contribution >= 0.6 is 11.6 Å². The Balaban J connectivity index is 2.00. The molecule has 0 saturated carbocycles. The average molecular weight is 454 g/mol. The third kappa shape index (κ3) is 5.50. The first-order valence-corrected chi connectivity index (χ1v) is 11.2.